The second-order valence-electron chi connectivity index (χ2n) is 14.2. The zero-order valence-corrected chi connectivity index (χ0v) is 29.5. The summed E-state index contributed by atoms with van der Waals surface area (Å²) in [5.74, 6) is -1.95. The number of hydrogen-bond donors (Lipinski definition) is 0. The van der Waals surface area contributed by atoms with Gasteiger partial charge in [0, 0.05) is 31.2 Å². The molecule has 3 rings (SSSR count). The maximum absolute atomic E-state index is 13.5. The largest absolute Gasteiger partial charge is 0.464 e. The average Bonchev–Trinajstić information content (AvgIpc) is 3.05. The number of fused-ring (bicyclic) bond motifs is 3. The summed E-state index contributed by atoms with van der Waals surface area (Å²) in [6.45, 7) is 12.1. The number of piperidine rings is 1. The highest BCUT2D eigenvalue weighted by Gasteiger charge is 2.42. The van der Waals surface area contributed by atoms with E-state index in [4.69, 9.17) is 9.47 Å². The molecule has 0 aromatic rings. The first-order chi connectivity index (χ1) is 22.4. The van der Waals surface area contributed by atoms with Gasteiger partial charge in [0.25, 0.3) is 5.91 Å². The summed E-state index contributed by atoms with van der Waals surface area (Å²) in [4.78, 5) is 67.2. The van der Waals surface area contributed by atoms with Crippen molar-refractivity contribution in [1.29, 1.82) is 0 Å². The zero-order chi connectivity index (χ0) is 34.5. The number of nitrogens with zero attached hydrogens (tertiary/aromatic N) is 1. The minimum atomic E-state index is -0.848. The molecule has 3 aliphatic rings. The lowest BCUT2D eigenvalue weighted by molar-refractivity contribution is -0.166. The molecule has 0 aromatic heterocycles. The van der Waals surface area contributed by atoms with Gasteiger partial charge >= 0.3 is 5.97 Å². The molecule has 1 amide bonds. The lowest BCUT2D eigenvalue weighted by atomic mass is 9.88. The third-order valence-corrected chi connectivity index (χ3v) is 9.88. The van der Waals surface area contributed by atoms with Crippen LogP contribution < -0.4 is 0 Å². The molecule has 0 aliphatic carbocycles. The van der Waals surface area contributed by atoms with E-state index < -0.39 is 29.8 Å². The molecule has 0 radical (unpaired) electrons. The van der Waals surface area contributed by atoms with E-state index in [-0.39, 0.29) is 54.4 Å². The first-order valence-corrected chi connectivity index (χ1v) is 17.8. The van der Waals surface area contributed by atoms with Crippen molar-refractivity contribution in [3.8, 4) is 0 Å². The van der Waals surface area contributed by atoms with E-state index in [1.54, 1.807) is 0 Å². The SMILES string of the molecule is CC1=CC=C/C=C\C(C)CC(C)C(=O)CC/C(C)=C\C(C)C(=O)CCOC(=O)C2CCCCN2C(=O)C(=O)C2OC(CC1)CCC2C. The number of rotatable bonds is 0. The molecular formula is C39H57NO7. The summed E-state index contributed by atoms with van der Waals surface area (Å²) in [5.41, 5.74) is 2.18. The highest BCUT2D eigenvalue weighted by Crippen LogP contribution is 2.30. The predicted octanol–water partition coefficient (Wildman–Crippen LogP) is 7.07. The number of hydrogen-bond acceptors (Lipinski definition) is 7. The number of allylic oxidation sites excluding steroid dienone is 8. The van der Waals surface area contributed by atoms with Crippen molar-refractivity contribution in [3.63, 3.8) is 0 Å². The van der Waals surface area contributed by atoms with Crippen LogP contribution in [0, 0.1) is 23.7 Å². The van der Waals surface area contributed by atoms with Crippen LogP contribution in [0.4, 0.5) is 0 Å². The minimum Gasteiger partial charge on any atom is -0.464 e. The molecular weight excluding hydrogens is 594 g/mol. The zero-order valence-electron chi connectivity index (χ0n) is 29.5. The number of Topliss-reactive ketones (excluding diaryl/α,β-unsaturated/α-hetero) is 3. The van der Waals surface area contributed by atoms with Crippen LogP contribution in [0.3, 0.4) is 0 Å². The highest BCUT2D eigenvalue weighted by atomic mass is 16.5. The van der Waals surface area contributed by atoms with Crippen molar-refractivity contribution in [2.24, 2.45) is 23.7 Å². The van der Waals surface area contributed by atoms with Gasteiger partial charge in [-0.3, -0.25) is 19.2 Å². The van der Waals surface area contributed by atoms with Crippen molar-refractivity contribution in [1.82, 2.24) is 4.90 Å². The number of esters is 1. The van der Waals surface area contributed by atoms with E-state index in [1.807, 2.05) is 52.0 Å². The summed E-state index contributed by atoms with van der Waals surface area (Å²) in [6, 6.07) is -0.848. The quantitative estimate of drug-likeness (QED) is 0.157. The van der Waals surface area contributed by atoms with Gasteiger partial charge in [-0.2, -0.15) is 0 Å². The number of amides is 1. The highest BCUT2D eigenvalue weighted by molar-refractivity contribution is 6.38. The van der Waals surface area contributed by atoms with Crippen molar-refractivity contribution >= 4 is 29.2 Å². The van der Waals surface area contributed by atoms with Gasteiger partial charge in [0.15, 0.2) is 0 Å². The van der Waals surface area contributed by atoms with Crippen LogP contribution in [0.2, 0.25) is 0 Å². The van der Waals surface area contributed by atoms with Gasteiger partial charge in [0.1, 0.15) is 23.7 Å². The molecule has 0 spiro atoms. The predicted molar refractivity (Wildman–Crippen MR) is 183 cm³/mol. The number of ketones is 3. The summed E-state index contributed by atoms with van der Waals surface area (Å²) in [6.07, 6.45) is 18.1. The standard InChI is InChI=1S/C39H57NO7/c1-26-12-8-7-9-13-27(2)24-30(5)34(41)20-16-28(3)25-31(6)35(42)21-23-46-39(45)33-14-10-11-22-40(33)38(44)36(43)37-29(4)17-19-32(47-37)18-15-26/h7-9,12-13,25,27,29-33,37H,10-11,14-24H2,1-6H3/b8-7?,13-9-,26-12?,28-25-. The number of ether oxygens (including phenoxy) is 2. The van der Waals surface area contributed by atoms with Crippen LogP contribution >= 0.6 is 0 Å². The van der Waals surface area contributed by atoms with E-state index in [1.165, 1.54) is 10.5 Å². The average molecular weight is 652 g/mol. The summed E-state index contributed by atoms with van der Waals surface area (Å²) < 4.78 is 11.7. The smallest absolute Gasteiger partial charge is 0.328 e. The Kier molecular flexibility index (Phi) is 15.5. The van der Waals surface area contributed by atoms with Gasteiger partial charge in [-0.1, -0.05) is 75.3 Å². The van der Waals surface area contributed by atoms with Crippen LogP contribution in [0.1, 0.15) is 112 Å². The molecule has 47 heavy (non-hydrogen) atoms. The van der Waals surface area contributed by atoms with Crippen molar-refractivity contribution in [2.45, 2.75) is 130 Å². The molecule has 8 heteroatoms. The van der Waals surface area contributed by atoms with Crippen molar-refractivity contribution in [3.05, 3.63) is 47.6 Å². The first kappa shape index (κ1) is 38.3. The van der Waals surface area contributed by atoms with Crippen LogP contribution in [0.25, 0.3) is 0 Å². The fraction of sp³-hybridized carbons (Fsp3) is 0.667. The third-order valence-electron chi connectivity index (χ3n) is 9.88. The van der Waals surface area contributed by atoms with Crippen molar-refractivity contribution in [2.75, 3.05) is 13.2 Å². The molecule has 2 fully saturated rings. The van der Waals surface area contributed by atoms with Crippen LogP contribution in [0.5, 0.6) is 0 Å². The maximum Gasteiger partial charge on any atom is 0.328 e. The van der Waals surface area contributed by atoms with Crippen molar-refractivity contribution < 1.29 is 33.4 Å². The fourth-order valence-electron chi connectivity index (χ4n) is 6.75. The summed E-state index contributed by atoms with van der Waals surface area (Å²) in [5, 5.41) is 0. The fourth-order valence-corrected chi connectivity index (χ4v) is 6.75. The Morgan fingerprint density at radius 3 is 2.30 bits per heavy atom. The van der Waals surface area contributed by atoms with Gasteiger partial charge in [-0.15, -0.1) is 0 Å². The Morgan fingerprint density at radius 2 is 1.53 bits per heavy atom. The Hall–Kier alpha value is -3.13. The first-order valence-electron chi connectivity index (χ1n) is 17.8. The van der Waals surface area contributed by atoms with Gasteiger partial charge in [-0.25, -0.2) is 4.79 Å². The third kappa shape index (κ3) is 12.1. The molecule has 7 atom stereocenters. The van der Waals surface area contributed by atoms with E-state index in [9.17, 15) is 24.0 Å². The van der Waals surface area contributed by atoms with E-state index in [0.29, 0.717) is 32.2 Å². The lowest BCUT2D eigenvalue weighted by Gasteiger charge is -2.37. The van der Waals surface area contributed by atoms with Crippen LogP contribution in [-0.4, -0.2) is 65.5 Å². The minimum absolute atomic E-state index is 0.0476. The summed E-state index contributed by atoms with van der Waals surface area (Å²) >= 11 is 0. The topological polar surface area (TPSA) is 107 Å². The lowest BCUT2D eigenvalue weighted by Crippen LogP contribution is -2.54. The summed E-state index contributed by atoms with van der Waals surface area (Å²) in [7, 11) is 0. The second kappa shape index (κ2) is 19.0. The van der Waals surface area contributed by atoms with Gasteiger partial charge < -0.3 is 14.4 Å². The molecule has 2 bridgehead atoms. The molecule has 0 saturated carbocycles. The van der Waals surface area contributed by atoms with Gasteiger partial charge in [0.2, 0.25) is 5.78 Å². The molecule has 7 unspecified atom stereocenters. The normalized spacial score (nSPS) is 34.1. The van der Waals surface area contributed by atoms with Gasteiger partial charge in [-0.05, 0) is 83.5 Å². The van der Waals surface area contributed by atoms with Crippen LogP contribution in [-0.2, 0) is 33.4 Å². The van der Waals surface area contributed by atoms with E-state index in [0.717, 1.165) is 44.1 Å². The molecule has 0 N–H and O–H groups in total. The molecule has 0 aromatic carbocycles. The Bertz CT molecular complexity index is 1240. The maximum atomic E-state index is 13.5. The number of cyclic esters (lactones) is 1. The number of carbonyl (C=O) groups excluding carboxylic acids is 5. The van der Waals surface area contributed by atoms with E-state index in [2.05, 4.69) is 26.0 Å². The van der Waals surface area contributed by atoms with Gasteiger partial charge in [0.05, 0.1) is 12.7 Å². The molecule has 260 valence electrons. The Labute approximate surface area is 282 Å². The van der Waals surface area contributed by atoms with Crippen LogP contribution in [0.15, 0.2) is 47.6 Å². The molecule has 3 heterocycles. The number of carbonyl (C=O) groups is 5. The Morgan fingerprint density at radius 1 is 0.766 bits per heavy atom. The molecule has 3 aliphatic heterocycles. The molecule has 8 nitrogen and oxygen atoms in total. The molecule has 2 saturated heterocycles. The monoisotopic (exact) mass is 651 g/mol. The Balaban J connectivity index is 1.75. The second-order valence-corrected chi connectivity index (χ2v) is 14.2. The van der Waals surface area contributed by atoms with E-state index >= 15 is 0 Å².